The molecule has 0 saturated carbocycles. The van der Waals surface area contributed by atoms with Crippen LogP contribution in [0.2, 0.25) is 0 Å². The van der Waals surface area contributed by atoms with E-state index in [9.17, 15) is 20.0 Å². The lowest BCUT2D eigenvalue weighted by molar-refractivity contribution is -0.929. The van der Waals surface area contributed by atoms with Crippen molar-refractivity contribution in [2.75, 3.05) is 26.2 Å². The summed E-state index contributed by atoms with van der Waals surface area (Å²) in [5.41, 5.74) is 0. The van der Waals surface area contributed by atoms with E-state index in [0.29, 0.717) is 0 Å². The van der Waals surface area contributed by atoms with Crippen molar-refractivity contribution >= 4 is 5.97 Å². The van der Waals surface area contributed by atoms with E-state index < -0.39 is 16.9 Å². The SMILES string of the molecule is CC(C(=O)[O-])[N+](=O)[O-].CCCC[N+](CCCC)(CCCC)CCCC. The van der Waals surface area contributed by atoms with Crippen molar-refractivity contribution in [1.29, 1.82) is 0 Å². The Hall–Kier alpha value is -1.17. The molecular weight excluding hydrogens is 320 g/mol. The molecule has 0 amide bonds. The van der Waals surface area contributed by atoms with Crippen LogP contribution >= 0.6 is 0 Å². The van der Waals surface area contributed by atoms with Gasteiger partial charge in [-0.05, 0) is 25.7 Å². The first-order valence-corrected chi connectivity index (χ1v) is 9.99. The van der Waals surface area contributed by atoms with Crippen LogP contribution in [-0.4, -0.2) is 47.6 Å². The highest BCUT2D eigenvalue weighted by atomic mass is 16.6. The molecule has 0 bridgehead atoms. The molecule has 0 rings (SSSR count). The molecule has 1 unspecified atom stereocenters. The summed E-state index contributed by atoms with van der Waals surface area (Å²) in [6.45, 7) is 16.0. The van der Waals surface area contributed by atoms with Gasteiger partial charge in [0.15, 0.2) is 0 Å². The van der Waals surface area contributed by atoms with Gasteiger partial charge in [0.1, 0.15) is 5.97 Å². The predicted molar refractivity (Wildman–Crippen MR) is 101 cm³/mol. The minimum Gasteiger partial charge on any atom is -0.543 e. The lowest BCUT2D eigenvalue weighted by atomic mass is 10.1. The van der Waals surface area contributed by atoms with Crippen LogP contribution in [0, 0.1) is 10.1 Å². The summed E-state index contributed by atoms with van der Waals surface area (Å²) in [5.74, 6) is -1.66. The maximum atomic E-state index is 9.59. The number of quaternary nitrogens is 1. The lowest BCUT2D eigenvalue weighted by Gasteiger charge is -2.39. The summed E-state index contributed by atoms with van der Waals surface area (Å²) in [6.07, 6.45) is 11.1. The highest BCUT2D eigenvalue weighted by Gasteiger charge is 2.24. The molecule has 0 aromatic heterocycles. The molecule has 0 spiro atoms. The minimum atomic E-state index is -1.66. The van der Waals surface area contributed by atoms with Crippen molar-refractivity contribution < 1.29 is 19.3 Å². The maximum Gasteiger partial charge on any atom is 0.249 e. The van der Waals surface area contributed by atoms with Gasteiger partial charge in [-0.2, -0.15) is 0 Å². The van der Waals surface area contributed by atoms with Crippen molar-refractivity contribution in [3.63, 3.8) is 0 Å². The summed E-state index contributed by atoms with van der Waals surface area (Å²) in [5, 5.41) is 19.1. The molecule has 0 heterocycles. The molecule has 25 heavy (non-hydrogen) atoms. The third kappa shape index (κ3) is 13.8. The molecule has 0 aliphatic heterocycles. The topological polar surface area (TPSA) is 83.3 Å². The van der Waals surface area contributed by atoms with E-state index in [2.05, 4.69) is 27.7 Å². The van der Waals surface area contributed by atoms with Gasteiger partial charge >= 0.3 is 0 Å². The number of carbonyl (C=O) groups excluding carboxylic acids is 1. The maximum absolute atomic E-state index is 9.59. The Morgan fingerprint density at radius 3 is 1.24 bits per heavy atom. The third-order valence-electron chi connectivity index (χ3n) is 4.60. The van der Waals surface area contributed by atoms with Crippen molar-refractivity contribution in [3.8, 4) is 0 Å². The molecule has 0 aliphatic rings. The van der Waals surface area contributed by atoms with Gasteiger partial charge in [0, 0.05) is 11.8 Å². The van der Waals surface area contributed by atoms with E-state index in [-0.39, 0.29) is 0 Å². The Bertz CT molecular complexity index is 297. The van der Waals surface area contributed by atoms with Crippen LogP contribution < -0.4 is 5.11 Å². The van der Waals surface area contributed by atoms with Crippen molar-refractivity contribution in [2.24, 2.45) is 0 Å². The van der Waals surface area contributed by atoms with Crippen molar-refractivity contribution in [1.82, 2.24) is 0 Å². The lowest BCUT2D eigenvalue weighted by Crippen LogP contribution is -2.50. The molecule has 6 nitrogen and oxygen atoms in total. The minimum absolute atomic E-state index is 0.921. The van der Waals surface area contributed by atoms with E-state index in [4.69, 9.17) is 0 Å². The molecular formula is C19H40N2O4. The number of nitrogens with zero attached hydrogens (tertiary/aromatic N) is 2. The fraction of sp³-hybridized carbons (Fsp3) is 0.947. The van der Waals surface area contributed by atoms with Crippen LogP contribution in [0.15, 0.2) is 0 Å². The van der Waals surface area contributed by atoms with Gasteiger partial charge in [0.2, 0.25) is 6.04 Å². The van der Waals surface area contributed by atoms with Crippen molar-refractivity contribution in [2.45, 2.75) is 92.0 Å². The van der Waals surface area contributed by atoms with Crippen molar-refractivity contribution in [3.05, 3.63) is 10.1 Å². The summed E-state index contributed by atoms with van der Waals surface area (Å²) in [4.78, 5) is 18.2. The number of carbonyl (C=O) groups is 1. The Balaban J connectivity index is 0. The number of hydrogen-bond donors (Lipinski definition) is 0. The van der Waals surface area contributed by atoms with Crippen LogP contribution in [-0.2, 0) is 4.79 Å². The molecule has 0 saturated heterocycles. The number of carboxylic acids is 1. The molecule has 6 heteroatoms. The molecule has 0 fully saturated rings. The Labute approximate surface area is 154 Å². The highest BCUT2D eigenvalue weighted by Crippen LogP contribution is 2.16. The fourth-order valence-electron chi connectivity index (χ4n) is 2.73. The number of rotatable bonds is 14. The first kappa shape index (κ1) is 26.1. The fourth-order valence-corrected chi connectivity index (χ4v) is 2.73. The van der Waals surface area contributed by atoms with E-state index in [1.165, 1.54) is 82.0 Å². The average molecular weight is 361 g/mol. The second kappa shape index (κ2) is 16.3. The molecule has 0 aromatic rings. The van der Waals surface area contributed by atoms with Crippen LogP contribution in [0.5, 0.6) is 0 Å². The zero-order valence-corrected chi connectivity index (χ0v) is 17.1. The smallest absolute Gasteiger partial charge is 0.249 e. The Morgan fingerprint density at radius 2 is 1.12 bits per heavy atom. The quantitative estimate of drug-likeness (QED) is 0.270. The summed E-state index contributed by atoms with van der Waals surface area (Å²) in [7, 11) is 0. The Morgan fingerprint density at radius 1 is 0.840 bits per heavy atom. The largest absolute Gasteiger partial charge is 0.543 e. The van der Waals surface area contributed by atoms with Crippen LogP contribution in [0.4, 0.5) is 0 Å². The first-order chi connectivity index (χ1) is 11.8. The number of hydrogen-bond acceptors (Lipinski definition) is 4. The van der Waals surface area contributed by atoms with Gasteiger partial charge in [0.25, 0.3) is 0 Å². The van der Waals surface area contributed by atoms with Gasteiger partial charge in [-0.1, -0.05) is 53.4 Å². The predicted octanol–water partition coefficient (Wildman–Crippen LogP) is 3.41. The third-order valence-corrected chi connectivity index (χ3v) is 4.60. The molecule has 0 radical (unpaired) electrons. The summed E-state index contributed by atoms with van der Waals surface area (Å²) >= 11 is 0. The van der Waals surface area contributed by atoms with E-state index in [0.717, 1.165) is 6.92 Å². The van der Waals surface area contributed by atoms with E-state index in [1.807, 2.05) is 0 Å². The van der Waals surface area contributed by atoms with Gasteiger partial charge in [-0.25, -0.2) is 0 Å². The normalized spacial score (nSPS) is 12.2. The van der Waals surface area contributed by atoms with Crippen LogP contribution in [0.25, 0.3) is 0 Å². The Kier molecular flexibility index (Phi) is 17.0. The standard InChI is InChI=1S/C16H36N.C3H5NO4/c1-5-9-13-17(14-10-6-2,15-11-7-3)16-12-8-4;1-2(3(5)6)4(7)8/h5-16H2,1-4H3;2H,1H3,(H,5,6)/q+1;/p-1. The molecule has 0 aromatic carbocycles. The monoisotopic (exact) mass is 360 g/mol. The second-order valence-corrected chi connectivity index (χ2v) is 6.93. The molecule has 1 atom stereocenters. The van der Waals surface area contributed by atoms with Gasteiger partial charge < -0.3 is 14.4 Å². The van der Waals surface area contributed by atoms with E-state index in [1.54, 1.807) is 0 Å². The number of carboxylic acid groups (broad SMARTS) is 1. The van der Waals surface area contributed by atoms with Crippen LogP contribution in [0.1, 0.15) is 86.0 Å². The molecule has 0 aliphatic carbocycles. The van der Waals surface area contributed by atoms with Gasteiger partial charge in [0.05, 0.1) is 26.2 Å². The van der Waals surface area contributed by atoms with Crippen LogP contribution in [0.3, 0.4) is 0 Å². The zero-order valence-electron chi connectivity index (χ0n) is 17.1. The average Bonchev–Trinajstić information content (AvgIpc) is 2.60. The highest BCUT2D eigenvalue weighted by molar-refractivity contribution is 5.68. The number of unbranched alkanes of at least 4 members (excludes halogenated alkanes) is 4. The van der Waals surface area contributed by atoms with Gasteiger partial charge in [-0.3, -0.25) is 10.1 Å². The summed E-state index contributed by atoms with van der Waals surface area (Å²) < 4.78 is 1.42. The summed E-state index contributed by atoms with van der Waals surface area (Å²) in [6, 6.07) is -1.60. The first-order valence-electron chi connectivity index (χ1n) is 9.99. The molecule has 150 valence electrons. The number of nitro groups is 1. The zero-order chi connectivity index (χ0) is 19.7. The number of aliphatic carboxylic acids is 1. The van der Waals surface area contributed by atoms with E-state index >= 15 is 0 Å². The van der Waals surface area contributed by atoms with Gasteiger partial charge in [-0.15, -0.1) is 0 Å². The second-order valence-electron chi connectivity index (χ2n) is 6.93. The molecule has 0 N–H and O–H groups in total.